The molecule has 1 amide bonds. The molecule has 1 N–H and O–H groups in total. The molecular formula is C11H12I3NO2. The second kappa shape index (κ2) is 5.87. The molecule has 0 saturated carbocycles. The van der Waals surface area contributed by atoms with Crippen LogP contribution in [0.4, 0.5) is 0 Å². The lowest BCUT2D eigenvalue weighted by molar-refractivity contribution is -0.114. The number of carbonyl (C=O) groups excluding carboxylic acids is 1. The van der Waals surface area contributed by atoms with Gasteiger partial charge in [-0.2, -0.15) is 0 Å². The molecule has 0 heterocycles. The Morgan fingerprint density at radius 3 is 1.94 bits per heavy atom. The fraction of sp³-hybridized carbons (Fsp3) is 0.364. The Labute approximate surface area is 142 Å². The van der Waals surface area contributed by atoms with Crippen molar-refractivity contribution in [2.45, 2.75) is 26.3 Å². The topological polar surface area (TPSA) is 40.5 Å². The van der Waals surface area contributed by atoms with Crippen LogP contribution in [0.3, 0.4) is 0 Å². The molecule has 0 aliphatic carbocycles. The minimum atomic E-state index is -0.600. The highest BCUT2D eigenvalue weighted by Crippen LogP contribution is 2.24. The molecule has 1 rings (SSSR count). The van der Waals surface area contributed by atoms with Gasteiger partial charge in [0.2, 0.25) is 0 Å². The van der Waals surface area contributed by atoms with E-state index in [-0.39, 0.29) is 5.91 Å². The molecule has 0 radical (unpaired) electrons. The van der Waals surface area contributed by atoms with E-state index < -0.39 is 5.54 Å². The lowest BCUT2D eigenvalue weighted by Crippen LogP contribution is -2.43. The van der Waals surface area contributed by atoms with Crippen LogP contribution in [-0.4, -0.2) is 21.7 Å². The Bertz CT molecular complexity index is 432. The molecular weight excluding hydrogens is 559 g/mol. The van der Waals surface area contributed by atoms with Crippen LogP contribution in [0.1, 0.15) is 31.1 Å². The molecule has 0 atom stereocenters. The Morgan fingerprint density at radius 1 is 1.18 bits per heavy atom. The maximum atomic E-state index is 12.1. The van der Waals surface area contributed by atoms with Gasteiger partial charge >= 0.3 is 0 Å². The second-order valence-electron chi connectivity index (χ2n) is 4.54. The summed E-state index contributed by atoms with van der Waals surface area (Å²) in [5.74, 6) is -0.371. The van der Waals surface area contributed by atoms with Crippen molar-refractivity contribution in [3.05, 3.63) is 28.4 Å². The predicted molar refractivity (Wildman–Crippen MR) is 92.3 cm³/mol. The second-order valence-corrected chi connectivity index (χ2v) is 7.94. The zero-order chi connectivity index (χ0) is 13.4. The van der Waals surface area contributed by atoms with Crippen molar-refractivity contribution in [1.82, 2.24) is 5.06 Å². The number of rotatable bonds is 1. The van der Waals surface area contributed by atoms with Crippen LogP contribution in [-0.2, 0) is 0 Å². The van der Waals surface area contributed by atoms with Gasteiger partial charge in [0.15, 0.2) is 0 Å². The molecule has 1 aromatic carbocycles. The average Bonchev–Trinajstić information content (AvgIpc) is 2.21. The van der Waals surface area contributed by atoms with E-state index in [1.165, 1.54) is 0 Å². The van der Waals surface area contributed by atoms with E-state index in [0.717, 1.165) is 15.8 Å². The summed E-state index contributed by atoms with van der Waals surface area (Å²) >= 11 is 6.62. The predicted octanol–water partition coefficient (Wildman–Crippen LogP) is 4.13. The molecule has 1 aromatic rings. The molecule has 0 saturated heterocycles. The quantitative estimate of drug-likeness (QED) is 0.239. The first kappa shape index (κ1) is 15.9. The molecule has 6 heteroatoms. The first-order valence-corrected chi connectivity index (χ1v) is 8.06. The van der Waals surface area contributed by atoms with Crippen molar-refractivity contribution in [1.29, 1.82) is 0 Å². The number of hydrogen-bond acceptors (Lipinski definition) is 2. The van der Waals surface area contributed by atoms with Gasteiger partial charge in [-0.3, -0.25) is 10.0 Å². The summed E-state index contributed by atoms with van der Waals surface area (Å²) in [6.07, 6.45) is 0. The van der Waals surface area contributed by atoms with Crippen LogP contribution in [0.15, 0.2) is 12.1 Å². The number of carbonyl (C=O) groups is 1. The van der Waals surface area contributed by atoms with E-state index in [1.807, 2.05) is 0 Å². The van der Waals surface area contributed by atoms with Crippen LogP contribution in [0.25, 0.3) is 0 Å². The number of hydrogen-bond donors (Lipinski definition) is 1. The third-order valence-corrected chi connectivity index (χ3v) is 6.99. The summed E-state index contributed by atoms with van der Waals surface area (Å²) in [6, 6.07) is 3.59. The van der Waals surface area contributed by atoms with Gasteiger partial charge in [-0.15, -0.1) is 0 Å². The van der Waals surface area contributed by atoms with Gasteiger partial charge in [-0.05, 0) is 101 Å². The minimum absolute atomic E-state index is 0.371. The lowest BCUT2D eigenvalue weighted by atomic mass is 10.1. The fourth-order valence-electron chi connectivity index (χ4n) is 1.11. The van der Waals surface area contributed by atoms with Crippen molar-refractivity contribution in [2.75, 3.05) is 0 Å². The van der Waals surface area contributed by atoms with E-state index in [4.69, 9.17) is 0 Å². The van der Waals surface area contributed by atoms with Crippen LogP contribution < -0.4 is 0 Å². The van der Waals surface area contributed by atoms with E-state index in [9.17, 15) is 10.0 Å². The average molecular weight is 571 g/mol. The summed E-state index contributed by atoms with van der Waals surface area (Å²) in [7, 11) is 0. The molecule has 3 nitrogen and oxygen atoms in total. The largest absolute Gasteiger partial charge is 0.285 e. The SMILES string of the molecule is CC(C)(C)N(O)C(=O)c1cc(I)c(I)c(I)c1. The molecule has 0 aliphatic heterocycles. The van der Waals surface area contributed by atoms with Crippen molar-refractivity contribution < 1.29 is 10.0 Å². The fourth-order valence-corrected chi connectivity index (χ4v) is 3.19. The highest BCUT2D eigenvalue weighted by molar-refractivity contribution is 14.1. The number of nitrogens with zero attached hydrogens (tertiary/aromatic N) is 1. The Kier molecular flexibility index (Phi) is 5.48. The zero-order valence-electron chi connectivity index (χ0n) is 9.59. The molecule has 0 spiro atoms. The number of hydroxylamine groups is 2. The third-order valence-electron chi connectivity index (χ3n) is 2.06. The first-order chi connectivity index (χ1) is 7.64. The van der Waals surface area contributed by atoms with Gasteiger partial charge in [-0.1, -0.05) is 0 Å². The van der Waals surface area contributed by atoms with Crippen molar-refractivity contribution >= 4 is 73.7 Å². The maximum Gasteiger partial charge on any atom is 0.277 e. The van der Waals surface area contributed by atoms with Crippen molar-refractivity contribution in [3.8, 4) is 0 Å². The zero-order valence-corrected chi connectivity index (χ0v) is 16.1. The van der Waals surface area contributed by atoms with Crippen molar-refractivity contribution in [2.24, 2.45) is 0 Å². The van der Waals surface area contributed by atoms with E-state index >= 15 is 0 Å². The van der Waals surface area contributed by atoms with Gasteiger partial charge in [-0.25, -0.2) is 5.06 Å². The Balaban J connectivity index is 3.14. The molecule has 17 heavy (non-hydrogen) atoms. The van der Waals surface area contributed by atoms with Crippen LogP contribution in [0, 0.1) is 10.7 Å². The van der Waals surface area contributed by atoms with E-state index in [1.54, 1.807) is 32.9 Å². The minimum Gasteiger partial charge on any atom is -0.285 e. The highest BCUT2D eigenvalue weighted by atomic mass is 127. The monoisotopic (exact) mass is 571 g/mol. The highest BCUT2D eigenvalue weighted by Gasteiger charge is 2.26. The number of amides is 1. The molecule has 94 valence electrons. The van der Waals surface area contributed by atoms with Crippen molar-refractivity contribution in [3.63, 3.8) is 0 Å². The van der Waals surface area contributed by atoms with Crippen LogP contribution >= 0.6 is 67.8 Å². The first-order valence-electron chi connectivity index (χ1n) is 4.82. The lowest BCUT2D eigenvalue weighted by Gasteiger charge is -2.29. The molecule has 0 bridgehead atoms. The molecule has 0 unspecified atom stereocenters. The standard InChI is InChI=1S/C11H12I3NO2/c1-11(2,3)15(17)10(16)6-4-7(12)9(14)8(13)5-6/h4-5,17H,1-3H3. The van der Waals surface area contributed by atoms with Gasteiger partial charge < -0.3 is 0 Å². The Hall–Kier alpha value is 0.840. The summed E-state index contributed by atoms with van der Waals surface area (Å²) in [4.78, 5) is 12.1. The van der Waals surface area contributed by atoms with Gasteiger partial charge in [0, 0.05) is 16.3 Å². The van der Waals surface area contributed by atoms with Crippen LogP contribution in [0.2, 0.25) is 0 Å². The number of benzene rings is 1. The third kappa shape index (κ3) is 3.90. The summed E-state index contributed by atoms with van der Waals surface area (Å²) in [5.41, 5.74) is -0.0895. The molecule has 0 fully saturated rings. The summed E-state index contributed by atoms with van der Waals surface area (Å²) in [5, 5.41) is 10.6. The molecule has 0 aliphatic rings. The van der Waals surface area contributed by atoms with Gasteiger partial charge in [0.1, 0.15) is 0 Å². The van der Waals surface area contributed by atoms with Gasteiger partial charge in [0.05, 0.1) is 5.54 Å². The smallest absolute Gasteiger partial charge is 0.277 e. The maximum absolute atomic E-state index is 12.1. The number of halogens is 3. The van der Waals surface area contributed by atoms with Crippen LogP contribution in [0.5, 0.6) is 0 Å². The summed E-state index contributed by atoms with van der Waals surface area (Å²) < 4.78 is 3.15. The Morgan fingerprint density at radius 2 is 1.59 bits per heavy atom. The van der Waals surface area contributed by atoms with E-state index in [0.29, 0.717) is 5.56 Å². The summed E-state index contributed by atoms with van der Waals surface area (Å²) in [6.45, 7) is 5.36. The molecule has 0 aromatic heterocycles. The normalized spacial score (nSPS) is 11.5. The van der Waals surface area contributed by atoms with E-state index in [2.05, 4.69) is 67.8 Å². The van der Waals surface area contributed by atoms with Gasteiger partial charge in [0.25, 0.3) is 5.91 Å².